The highest BCUT2D eigenvalue weighted by Gasteiger charge is 2.36. The van der Waals surface area contributed by atoms with Crippen molar-refractivity contribution in [3.8, 4) is 5.69 Å². The van der Waals surface area contributed by atoms with Crippen molar-refractivity contribution < 1.29 is 32.3 Å². The van der Waals surface area contributed by atoms with Gasteiger partial charge in [0.05, 0.1) is 23.5 Å². The largest absolute Gasteiger partial charge is 0.433 e. The molecule has 2 atom stereocenters. The van der Waals surface area contributed by atoms with Gasteiger partial charge in [-0.2, -0.15) is 13.2 Å². The van der Waals surface area contributed by atoms with E-state index in [0.29, 0.717) is 16.9 Å². The van der Waals surface area contributed by atoms with Crippen molar-refractivity contribution in [2.24, 2.45) is 0 Å². The molecule has 3 aromatic rings. The minimum absolute atomic E-state index is 0.0941. The van der Waals surface area contributed by atoms with Crippen molar-refractivity contribution >= 4 is 51.4 Å². The average molecular weight is 711 g/mol. The molecule has 2 aromatic carbocycles. The number of ether oxygens (including phenoxy) is 1. The monoisotopic (exact) mass is 709 g/mol. The molecule has 1 aliphatic heterocycles. The maximum Gasteiger partial charge on any atom is 0.417 e. The van der Waals surface area contributed by atoms with Gasteiger partial charge in [0, 0.05) is 40.3 Å². The van der Waals surface area contributed by atoms with Crippen molar-refractivity contribution in [2.75, 3.05) is 18.4 Å². The lowest BCUT2D eigenvalue weighted by molar-refractivity contribution is -0.138. The van der Waals surface area contributed by atoms with Gasteiger partial charge in [-0.1, -0.05) is 33.6 Å². The molecule has 0 fully saturated rings. The molecule has 0 aliphatic carbocycles. The Kier molecular flexibility index (Phi) is 10.1. The lowest BCUT2D eigenvalue weighted by Crippen LogP contribution is -2.46. The minimum atomic E-state index is -4.66. The summed E-state index contributed by atoms with van der Waals surface area (Å²) in [6.07, 6.45) is -3.91. The molecule has 0 spiro atoms. The molecule has 1 aliphatic rings. The summed E-state index contributed by atoms with van der Waals surface area (Å²) in [4.78, 5) is 58.8. The Hall–Kier alpha value is -4.17. The standard InChI is InChI=1S/C30H28BrClF3N5O5/c1-5-16(2)36-28-37-24-14-39(26(42)19-8-11-23(31)22(13-19)30(33,34)35)17(3)12-21(24)27(43)40(28)20-9-6-18(7-10-20)25(41)38(4)29(44)45-15-32/h5-11,13,16-17H,1,12,14-15H2,2-4H3,(H,36,37)/t16-,17+/m0/s1. The number of hydrogen-bond acceptors (Lipinski definition) is 7. The molecule has 10 nitrogen and oxygen atoms in total. The van der Waals surface area contributed by atoms with E-state index in [-0.39, 0.29) is 40.6 Å². The molecule has 1 N–H and O–H groups in total. The lowest BCUT2D eigenvalue weighted by Gasteiger charge is -2.35. The van der Waals surface area contributed by atoms with Gasteiger partial charge in [-0.25, -0.2) is 19.2 Å². The van der Waals surface area contributed by atoms with Gasteiger partial charge in [-0.15, -0.1) is 6.58 Å². The van der Waals surface area contributed by atoms with Crippen LogP contribution in [0.1, 0.15) is 51.4 Å². The SMILES string of the molecule is C=C[C@H](C)Nc1nc2c(c(=O)n1-c1ccc(C(=O)N(C)C(=O)OCCl)cc1)C[C@@H](C)N(C(=O)c1ccc(Br)c(C(F)(F)F)c1)C2. The van der Waals surface area contributed by atoms with E-state index in [0.717, 1.165) is 11.0 Å². The number of fused-ring (bicyclic) bond motifs is 1. The molecule has 15 heteroatoms. The number of anilines is 1. The number of alkyl halides is 4. The number of carbonyl (C=O) groups excluding carboxylic acids is 3. The van der Waals surface area contributed by atoms with Gasteiger partial charge in [0.2, 0.25) is 5.95 Å². The second kappa shape index (κ2) is 13.4. The Balaban J connectivity index is 1.72. The molecule has 1 aromatic heterocycles. The topological polar surface area (TPSA) is 114 Å². The summed E-state index contributed by atoms with van der Waals surface area (Å²) in [6.45, 7) is 7.12. The molecule has 0 saturated heterocycles. The van der Waals surface area contributed by atoms with Crippen LogP contribution in [0.2, 0.25) is 0 Å². The van der Waals surface area contributed by atoms with Gasteiger partial charge in [0.25, 0.3) is 17.4 Å². The maximum absolute atomic E-state index is 14.0. The molecule has 0 unspecified atom stereocenters. The zero-order valence-electron chi connectivity index (χ0n) is 24.3. The van der Waals surface area contributed by atoms with Crippen molar-refractivity contribution in [1.82, 2.24) is 19.4 Å². The van der Waals surface area contributed by atoms with Crippen LogP contribution in [0.4, 0.5) is 23.9 Å². The average Bonchev–Trinajstić information content (AvgIpc) is 3.00. The second-order valence-corrected chi connectivity index (χ2v) is 11.4. The fourth-order valence-electron chi connectivity index (χ4n) is 4.74. The van der Waals surface area contributed by atoms with Crippen molar-refractivity contribution in [3.63, 3.8) is 0 Å². The third-order valence-corrected chi connectivity index (χ3v) is 8.03. The summed E-state index contributed by atoms with van der Waals surface area (Å²) < 4.78 is 46.3. The van der Waals surface area contributed by atoms with E-state index in [1.807, 2.05) is 0 Å². The zero-order chi connectivity index (χ0) is 33.2. The third kappa shape index (κ3) is 7.06. The highest BCUT2D eigenvalue weighted by molar-refractivity contribution is 9.10. The first-order valence-corrected chi connectivity index (χ1v) is 14.8. The Morgan fingerprint density at radius 3 is 2.47 bits per heavy atom. The number of benzene rings is 2. The highest BCUT2D eigenvalue weighted by atomic mass is 79.9. The predicted molar refractivity (Wildman–Crippen MR) is 165 cm³/mol. The van der Waals surface area contributed by atoms with E-state index >= 15 is 0 Å². The lowest BCUT2D eigenvalue weighted by atomic mass is 9.98. The van der Waals surface area contributed by atoms with Crippen LogP contribution in [0.3, 0.4) is 0 Å². The van der Waals surface area contributed by atoms with Crippen LogP contribution in [-0.4, -0.2) is 62.5 Å². The number of carbonyl (C=O) groups is 3. The Morgan fingerprint density at radius 2 is 1.87 bits per heavy atom. The van der Waals surface area contributed by atoms with E-state index in [1.54, 1.807) is 19.9 Å². The molecular weight excluding hydrogens is 683 g/mol. The van der Waals surface area contributed by atoms with E-state index in [4.69, 9.17) is 11.6 Å². The van der Waals surface area contributed by atoms with Crippen LogP contribution in [-0.2, 0) is 23.9 Å². The van der Waals surface area contributed by atoms with Crippen LogP contribution in [0.15, 0.2) is 64.4 Å². The molecule has 0 bridgehead atoms. The normalized spacial score (nSPS) is 15.1. The Morgan fingerprint density at radius 1 is 1.22 bits per heavy atom. The Bertz CT molecular complexity index is 1710. The van der Waals surface area contributed by atoms with Crippen LogP contribution in [0, 0.1) is 0 Å². The van der Waals surface area contributed by atoms with Gasteiger partial charge in [-0.3, -0.25) is 14.4 Å². The number of aromatic nitrogens is 2. The summed E-state index contributed by atoms with van der Waals surface area (Å²) in [5.41, 5.74) is -0.424. The van der Waals surface area contributed by atoms with Crippen LogP contribution >= 0.6 is 27.5 Å². The first-order chi connectivity index (χ1) is 21.2. The first kappa shape index (κ1) is 33.7. The summed E-state index contributed by atoms with van der Waals surface area (Å²) in [7, 11) is 1.24. The number of amides is 3. The molecule has 0 radical (unpaired) electrons. The fourth-order valence-corrected chi connectivity index (χ4v) is 5.31. The number of imide groups is 1. The zero-order valence-corrected chi connectivity index (χ0v) is 26.7. The van der Waals surface area contributed by atoms with E-state index in [1.165, 1.54) is 52.9 Å². The molecule has 0 saturated carbocycles. The summed E-state index contributed by atoms with van der Waals surface area (Å²) in [5, 5.41) is 3.10. The molecule has 238 valence electrons. The quantitative estimate of drug-likeness (QED) is 0.237. The summed E-state index contributed by atoms with van der Waals surface area (Å²) in [6, 6.07) is 7.88. The molecular formula is C30H28BrClF3N5O5. The number of nitrogens with one attached hydrogen (secondary N) is 1. The molecule has 3 amide bonds. The van der Waals surface area contributed by atoms with Gasteiger partial charge >= 0.3 is 12.3 Å². The highest BCUT2D eigenvalue weighted by Crippen LogP contribution is 2.36. The van der Waals surface area contributed by atoms with Gasteiger partial charge in [0.1, 0.15) is 0 Å². The summed E-state index contributed by atoms with van der Waals surface area (Å²) in [5.74, 6) is -1.16. The Labute approximate surface area is 269 Å². The third-order valence-electron chi connectivity index (χ3n) is 7.23. The van der Waals surface area contributed by atoms with Crippen LogP contribution in [0.25, 0.3) is 5.69 Å². The van der Waals surface area contributed by atoms with Crippen LogP contribution in [0.5, 0.6) is 0 Å². The van der Waals surface area contributed by atoms with Gasteiger partial charge in [-0.05, 0) is 62.7 Å². The van der Waals surface area contributed by atoms with Crippen LogP contribution < -0.4 is 10.9 Å². The van der Waals surface area contributed by atoms with Crippen molar-refractivity contribution in [1.29, 1.82) is 0 Å². The minimum Gasteiger partial charge on any atom is -0.433 e. The van der Waals surface area contributed by atoms with E-state index in [9.17, 15) is 32.3 Å². The fraction of sp³-hybridized carbons (Fsp3) is 0.300. The maximum atomic E-state index is 14.0. The van der Waals surface area contributed by atoms with Crippen molar-refractivity contribution in [2.45, 2.75) is 45.1 Å². The number of rotatable bonds is 7. The molecule has 4 rings (SSSR count). The molecule has 45 heavy (non-hydrogen) atoms. The molecule has 2 heterocycles. The number of halogens is 5. The van der Waals surface area contributed by atoms with E-state index in [2.05, 4.69) is 37.5 Å². The second-order valence-electron chi connectivity index (χ2n) is 10.3. The number of hydrogen-bond donors (Lipinski definition) is 1. The smallest absolute Gasteiger partial charge is 0.417 e. The summed E-state index contributed by atoms with van der Waals surface area (Å²) >= 11 is 8.30. The van der Waals surface area contributed by atoms with Gasteiger partial charge in [0.15, 0.2) is 6.07 Å². The number of nitrogens with zero attached hydrogens (tertiary/aromatic N) is 4. The predicted octanol–water partition coefficient (Wildman–Crippen LogP) is 5.99. The first-order valence-electron chi connectivity index (χ1n) is 13.5. The van der Waals surface area contributed by atoms with Crippen molar-refractivity contribution in [3.05, 3.63) is 97.9 Å². The van der Waals surface area contributed by atoms with E-state index < -0.39 is 47.3 Å². The van der Waals surface area contributed by atoms with Gasteiger partial charge < -0.3 is 15.0 Å².